The molecule has 0 aliphatic heterocycles. The standard InChI is InChI=1S/C22H33N5O6S/c1-3-12(2)18(27-19(29)14(23)9-13-7-5-4-6-8-13)21(31)26-16(11-34)20(30)25-15(22(32)33)10-17(24)28/h4-8,12,14-16,18,34H,3,9-11,23H2,1-2H3,(H2,24,28)(H,25,30)(H,26,31)(H,27,29)(H,32,33). The van der Waals surface area contributed by atoms with Crippen LogP contribution in [0.2, 0.25) is 0 Å². The van der Waals surface area contributed by atoms with Gasteiger partial charge in [-0.1, -0.05) is 50.6 Å². The number of rotatable bonds is 14. The normalized spacial score (nSPS) is 15.2. The van der Waals surface area contributed by atoms with Gasteiger partial charge in [0.2, 0.25) is 23.6 Å². The molecule has 0 heterocycles. The van der Waals surface area contributed by atoms with Crippen LogP contribution in [-0.2, 0) is 30.4 Å². The summed E-state index contributed by atoms with van der Waals surface area (Å²) in [6.07, 6.45) is 0.211. The van der Waals surface area contributed by atoms with Crippen LogP contribution >= 0.6 is 12.6 Å². The number of nitrogens with one attached hydrogen (secondary N) is 3. The first-order valence-corrected chi connectivity index (χ1v) is 11.5. The molecule has 5 unspecified atom stereocenters. The quantitative estimate of drug-likeness (QED) is 0.160. The average molecular weight is 496 g/mol. The van der Waals surface area contributed by atoms with Gasteiger partial charge in [-0.05, 0) is 17.9 Å². The molecule has 34 heavy (non-hydrogen) atoms. The van der Waals surface area contributed by atoms with Gasteiger partial charge in [-0.3, -0.25) is 19.2 Å². The molecule has 0 aromatic heterocycles. The summed E-state index contributed by atoms with van der Waals surface area (Å²) in [5, 5.41) is 16.5. The molecule has 11 nitrogen and oxygen atoms in total. The zero-order chi connectivity index (χ0) is 25.8. The summed E-state index contributed by atoms with van der Waals surface area (Å²) in [5.74, 6) is -4.84. The number of amides is 4. The van der Waals surface area contributed by atoms with E-state index in [4.69, 9.17) is 16.6 Å². The largest absolute Gasteiger partial charge is 0.480 e. The molecule has 1 rings (SSSR count). The number of primary amides is 1. The molecule has 0 aliphatic carbocycles. The van der Waals surface area contributed by atoms with Gasteiger partial charge in [-0.15, -0.1) is 0 Å². The highest BCUT2D eigenvalue weighted by molar-refractivity contribution is 7.80. The van der Waals surface area contributed by atoms with E-state index in [1.807, 2.05) is 37.3 Å². The summed E-state index contributed by atoms with van der Waals surface area (Å²) in [7, 11) is 0. The molecule has 0 saturated heterocycles. The molecule has 0 spiro atoms. The molecule has 0 aliphatic rings. The van der Waals surface area contributed by atoms with Crippen LogP contribution in [0.3, 0.4) is 0 Å². The van der Waals surface area contributed by atoms with Gasteiger partial charge in [0.25, 0.3) is 0 Å². The number of aliphatic carboxylic acids is 1. The van der Waals surface area contributed by atoms with E-state index in [-0.39, 0.29) is 18.1 Å². The first-order valence-electron chi connectivity index (χ1n) is 10.8. The Hall–Kier alpha value is -3.12. The topological polar surface area (TPSA) is 194 Å². The van der Waals surface area contributed by atoms with E-state index in [0.29, 0.717) is 6.42 Å². The summed E-state index contributed by atoms with van der Waals surface area (Å²) in [4.78, 5) is 60.5. The lowest BCUT2D eigenvalue weighted by Crippen LogP contribution is -2.59. The maximum Gasteiger partial charge on any atom is 0.326 e. The van der Waals surface area contributed by atoms with Crippen LogP contribution in [0.15, 0.2) is 30.3 Å². The van der Waals surface area contributed by atoms with Crippen LogP contribution in [0.5, 0.6) is 0 Å². The van der Waals surface area contributed by atoms with Crippen molar-refractivity contribution in [2.45, 2.75) is 57.3 Å². The van der Waals surface area contributed by atoms with Crippen molar-refractivity contribution in [2.24, 2.45) is 17.4 Å². The van der Waals surface area contributed by atoms with Gasteiger partial charge in [0.1, 0.15) is 18.1 Å². The summed E-state index contributed by atoms with van der Waals surface area (Å²) in [5.41, 5.74) is 11.9. The van der Waals surface area contributed by atoms with Crippen molar-refractivity contribution in [3.63, 3.8) is 0 Å². The second-order valence-corrected chi connectivity index (χ2v) is 8.35. The van der Waals surface area contributed by atoms with Gasteiger partial charge in [-0.25, -0.2) is 4.79 Å². The van der Waals surface area contributed by atoms with Crippen molar-refractivity contribution >= 4 is 42.2 Å². The van der Waals surface area contributed by atoms with E-state index in [9.17, 15) is 24.0 Å². The lowest BCUT2D eigenvalue weighted by Gasteiger charge is -2.27. The Bertz CT molecular complexity index is 869. The van der Waals surface area contributed by atoms with Crippen molar-refractivity contribution in [3.8, 4) is 0 Å². The second-order valence-electron chi connectivity index (χ2n) is 7.98. The fraction of sp³-hybridized carbons (Fsp3) is 0.500. The third kappa shape index (κ3) is 9.40. The first kappa shape index (κ1) is 28.9. The number of carbonyl (C=O) groups is 5. The Kier molecular flexibility index (Phi) is 12.1. The van der Waals surface area contributed by atoms with E-state index in [2.05, 4.69) is 28.6 Å². The maximum absolute atomic E-state index is 13.0. The third-order valence-electron chi connectivity index (χ3n) is 5.26. The van der Waals surface area contributed by atoms with Gasteiger partial charge in [0.15, 0.2) is 0 Å². The molecule has 188 valence electrons. The smallest absolute Gasteiger partial charge is 0.326 e. The molecule has 0 radical (unpaired) electrons. The van der Waals surface area contributed by atoms with Crippen LogP contribution in [-0.4, -0.2) is 64.6 Å². The van der Waals surface area contributed by atoms with Gasteiger partial charge < -0.3 is 32.5 Å². The number of nitrogens with two attached hydrogens (primary N) is 2. The van der Waals surface area contributed by atoms with E-state index >= 15 is 0 Å². The van der Waals surface area contributed by atoms with Gasteiger partial charge in [0, 0.05) is 5.75 Å². The van der Waals surface area contributed by atoms with Crippen LogP contribution in [0, 0.1) is 5.92 Å². The lowest BCUT2D eigenvalue weighted by molar-refractivity contribution is -0.143. The van der Waals surface area contributed by atoms with Crippen LogP contribution in [0.4, 0.5) is 0 Å². The van der Waals surface area contributed by atoms with Gasteiger partial charge >= 0.3 is 5.97 Å². The minimum atomic E-state index is -1.55. The van der Waals surface area contributed by atoms with Crippen molar-refractivity contribution < 1.29 is 29.1 Å². The third-order valence-corrected chi connectivity index (χ3v) is 5.63. The summed E-state index contributed by atoms with van der Waals surface area (Å²) >= 11 is 4.05. The zero-order valence-electron chi connectivity index (χ0n) is 19.2. The second kappa shape index (κ2) is 14.2. The summed E-state index contributed by atoms with van der Waals surface area (Å²) < 4.78 is 0. The molecule has 0 saturated carbocycles. The average Bonchev–Trinajstić information content (AvgIpc) is 2.79. The van der Waals surface area contributed by atoms with E-state index in [1.54, 1.807) is 6.92 Å². The Labute approximate surface area is 203 Å². The van der Waals surface area contributed by atoms with E-state index < -0.39 is 60.2 Å². The summed E-state index contributed by atoms with van der Waals surface area (Å²) in [6, 6.07) is 4.53. The summed E-state index contributed by atoms with van der Waals surface area (Å²) in [6.45, 7) is 3.60. The van der Waals surface area contributed by atoms with Crippen molar-refractivity contribution in [3.05, 3.63) is 35.9 Å². The number of hydrogen-bond donors (Lipinski definition) is 7. The number of carboxylic acid groups (broad SMARTS) is 1. The fourth-order valence-electron chi connectivity index (χ4n) is 3.05. The highest BCUT2D eigenvalue weighted by Gasteiger charge is 2.32. The molecule has 1 aromatic carbocycles. The minimum absolute atomic E-state index is 0.158. The predicted molar refractivity (Wildman–Crippen MR) is 129 cm³/mol. The molecule has 0 bridgehead atoms. The van der Waals surface area contributed by atoms with Crippen molar-refractivity contribution in [1.82, 2.24) is 16.0 Å². The molecule has 1 aromatic rings. The Balaban J connectivity index is 2.87. The number of carboxylic acids is 1. The zero-order valence-corrected chi connectivity index (χ0v) is 20.1. The van der Waals surface area contributed by atoms with E-state index in [1.165, 1.54) is 0 Å². The minimum Gasteiger partial charge on any atom is -0.480 e. The van der Waals surface area contributed by atoms with E-state index in [0.717, 1.165) is 5.56 Å². The Morgan fingerprint density at radius 3 is 2.06 bits per heavy atom. The SMILES string of the molecule is CCC(C)C(NC(=O)C(N)Cc1ccccc1)C(=O)NC(CS)C(=O)NC(CC(N)=O)C(=O)O. The van der Waals surface area contributed by atoms with Crippen LogP contribution in [0.1, 0.15) is 32.3 Å². The first-order chi connectivity index (χ1) is 16.0. The monoisotopic (exact) mass is 495 g/mol. The fourth-order valence-corrected chi connectivity index (χ4v) is 3.31. The molecular weight excluding hydrogens is 462 g/mol. The molecular formula is C22H33N5O6S. The molecule has 5 atom stereocenters. The molecule has 12 heteroatoms. The Morgan fingerprint density at radius 2 is 1.56 bits per heavy atom. The molecule has 0 fully saturated rings. The highest BCUT2D eigenvalue weighted by atomic mass is 32.1. The van der Waals surface area contributed by atoms with Crippen LogP contribution in [0.25, 0.3) is 0 Å². The molecule has 4 amide bonds. The highest BCUT2D eigenvalue weighted by Crippen LogP contribution is 2.10. The maximum atomic E-state index is 13.0. The predicted octanol–water partition coefficient (Wildman–Crippen LogP) is -1.05. The lowest BCUT2D eigenvalue weighted by atomic mass is 9.97. The number of carbonyl (C=O) groups excluding carboxylic acids is 4. The number of hydrogen-bond acceptors (Lipinski definition) is 7. The van der Waals surface area contributed by atoms with Gasteiger partial charge in [0.05, 0.1) is 12.5 Å². The van der Waals surface area contributed by atoms with Gasteiger partial charge in [-0.2, -0.15) is 12.6 Å². The number of thiol groups is 1. The Morgan fingerprint density at radius 1 is 0.971 bits per heavy atom. The van der Waals surface area contributed by atoms with Crippen molar-refractivity contribution in [1.29, 1.82) is 0 Å². The van der Waals surface area contributed by atoms with Crippen molar-refractivity contribution in [2.75, 3.05) is 5.75 Å². The number of benzene rings is 1. The van der Waals surface area contributed by atoms with Crippen LogP contribution < -0.4 is 27.4 Å². The molecule has 8 N–H and O–H groups in total.